The van der Waals surface area contributed by atoms with Gasteiger partial charge in [-0.1, -0.05) is 12.1 Å². The number of nitrogens with one attached hydrogen (secondary N) is 1. The summed E-state index contributed by atoms with van der Waals surface area (Å²) in [6.07, 6.45) is 2.49. The van der Waals surface area contributed by atoms with Crippen molar-refractivity contribution in [2.24, 2.45) is 0 Å². The molecule has 27 heavy (non-hydrogen) atoms. The number of anilines is 1. The summed E-state index contributed by atoms with van der Waals surface area (Å²) in [4.78, 5) is 36.4. The number of benzene rings is 1. The van der Waals surface area contributed by atoms with E-state index in [0.717, 1.165) is 29.8 Å². The van der Waals surface area contributed by atoms with Gasteiger partial charge in [-0.05, 0) is 18.2 Å². The van der Waals surface area contributed by atoms with E-state index < -0.39 is 0 Å². The van der Waals surface area contributed by atoms with Crippen LogP contribution in [0.15, 0.2) is 47.5 Å². The van der Waals surface area contributed by atoms with E-state index in [9.17, 15) is 9.59 Å². The fraction of sp³-hybridized carbons (Fsp3) is 0.316. The Kier molecular flexibility index (Phi) is 4.78. The molecule has 3 heterocycles. The molecule has 138 valence electrons. The molecule has 8 heteroatoms. The molecule has 1 saturated heterocycles. The van der Waals surface area contributed by atoms with E-state index in [2.05, 4.69) is 25.1 Å². The average molecular weight is 364 g/mol. The molecule has 3 aromatic rings. The van der Waals surface area contributed by atoms with Gasteiger partial charge >= 0.3 is 0 Å². The van der Waals surface area contributed by atoms with Gasteiger partial charge in [-0.3, -0.25) is 9.59 Å². The number of aryl methyl sites for hydroxylation is 1. The van der Waals surface area contributed by atoms with Crippen LogP contribution in [0.5, 0.6) is 0 Å². The van der Waals surface area contributed by atoms with Crippen molar-refractivity contribution in [2.45, 2.75) is 12.8 Å². The highest BCUT2D eigenvalue weighted by Crippen LogP contribution is 2.23. The second-order valence-corrected chi connectivity index (χ2v) is 6.49. The van der Waals surface area contributed by atoms with Crippen molar-refractivity contribution in [3.63, 3.8) is 0 Å². The fourth-order valence-corrected chi connectivity index (χ4v) is 3.32. The van der Waals surface area contributed by atoms with Crippen LogP contribution in [0, 0.1) is 0 Å². The molecule has 1 aliphatic heterocycles. The highest BCUT2D eigenvalue weighted by molar-refractivity contribution is 5.89. The molecular weight excluding hydrogens is 344 g/mol. The Labute approximate surface area is 155 Å². The van der Waals surface area contributed by atoms with Crippen molar-refractivity contribution in [1.82, 2.24) is 25.1 Å². The van der Waals surface area contributed by atoms with Crippen molar-refractivity contribution in [3.8, 4) is 0 Å². The van der Waals surface area contributed by atoms with Crippen LogP contribution >= 0.6 is 0 Å². The van der Waals surface area contributed by atoms with E-state index in [-0.39, 0.29) is 11.5 Å². The second kappa shape index (κ2) is 7.53. The lowest BCUT2D eigenvalue weighted by Crippen LogP contribution is -2.49. The third-order valence-electron chi connectivity index (χ3n) is 4.79. The smallest absolute Gasteiger partial charge is 0.264 e. The summed E-state index contributed by atoms with van der Waals surface area (Å²) in [5, 5.41) is 7.37. The zero-order chi connectivity index (χ0) is 18.6. The van der Waals surface area contributed by atoms with Gasteiger partial charge in [0.25, 0.3) is 5.56 Å². The molecule has 1 aliphatic rings. The summed E-state index contributed by atoms with van der Waals surface area (Å²) in [7, 11) is 0. The van der Waals surface area contributed by atoms with Crippen LogP contribution in [0.4, 0.5) is 5.82 Å². The lowest BCUT2D eigenvalue weighted by Gasteiger charge is -2.35. The minimum atomic E-state index is -0.238. The van der Waals surface area contributed by atoms with Crippen LogP contribution in [0.2, 0.25) is 0 Å². The van der Waals surface area contributed by atoms with Gasteiger partial charge in [-0.15, -0.1) is 0 Å². The Hall–Kier alpha value is -3.29. The summed E-state index contributed by atoms with van der Waals surface area (Å²) in [6, 6.07) is 11.0. The van der Waals surface area contributed by atoms with Gasteiger partial charge < -0.3 is 9.80 Å². The third-order valence-corrected chi connectivity index (χ3v) is 4.79. The number of hydrogen-bond acceptors (Lipinski definition) is 6. The molecule has 1 aromatic carbocycles. The highest BCUT2D eigenvalue weighted by Gasteiger charge is 2.23. The largest absolute Gasteiger partial charge is 0.352 e. The molecule has 0 spiro atoms. The number of aromatic amines is 1. The molecule has 0 saturated carbocycles. The van der Waals surface area contributed by atoms with Gasteiger partial charge in [0.2, 0.25) is 5.91 Å². The molecular formula is C19H20N6O2. The van der Waals surface area contributed by atoms with E-state index in [1.165, 1.54) is 6.07 Å². The Morgan fingerprint density at radius 3 is 2.63 bits per heavy atom. The Morgan fingerprint density at radius 2 is 1.85 bits per heavy atom. The summed E-state index contributed by atoms with van der Waals surface area (Å²) in [5.74, 6) is 1.03. The molecule has 8 nitrogen and oxygen atoms in total. The van der Waals surface area contributed by atoms with Crippen LogP contribution in [0.3, 0.4) is 0 Å². The molecule has 0 unspecified atom stereocenters. The van der Waals surface area contributed by atoms with E-state index >= 15 is 0 Å². The number of amides is 1. The number of piperazine rings is 1. The molecule has 0 aliphatic carbocycles. The maximum Gasteiger partial charge on any atom is 0.264 e. The van der Waals surface area contributed by atoms with E-state index in [1.54, 1.807) is 12.4 Å². The molecule has 2 aromatic heterocycles. The van der Waals surface area contributed by atoms with Gasteiger partial charge in [-0.2, -0.15) is 5.10 Å². The predicted octanol–water partition coefficient (Wildman–Crippen LogP) is 0.994. The Balaban J connectivity index is 1.36. The monoisotopic (exact) mass is 364 g/mol. The zero-order valence-electron chi connectivity index (χ0n) is 14.8. The standard InChI is InChI=1S/C19H20N6O2/c26-17-7-5-14(22-23-17)6-8-18(27)24-9-11-25(12-10-24)19-15-3-1-2-4-16(15)20-13-21-19/h1-5,7,13H,6,8-12H2,(H,23,26). The maximum absolute atomic E-state index is 12.5. The van der Waals surface area contributed by atoms with Crippen LogP contribution in [0.25, 0.3) is 10.9 Å². The maximum atomic E-state index is 12.5. The number of H-pyrrole nitrogens is 1. The highest BCUT2D eigenvalue weighted by atomic mass is 16.2. The summed E-state index contributed by atoms with van der Waals surface area (Å²) >= 11 is 0. The SMILES string of the molecule is O=C(CCc1ccc(=O)[nH]n1)N1CCN(c2ncnc3ccccc23)CC1. The number of carbonyl (C=O) groups excluding carboxylic acids is 1. The first-order valence-electron chi connectivity index (χ1n) is 8.98. The quantitative estimate of drug-likeness (QED) is 0.742. The predicted molar refractivity (Wildman–Crippen MR) is 102 cm³/mol. The molecule has 4 rings (SSSR count). The fourth-order valence-electron chi connectivity index (χ4n) is 3.32. The minimum absolute atomic E-state index is 0.107. The first-order chi connectivity index (χ1) is 13.2. The number of aromatic nitrogens is 4. The first kappa shape index (κ1) is 17.1. The van der Waals surface area contributed by atoms with Crippen LogP contribution < -0.4 is 10.5 Å². The van der Waals surface area contributed by atoms with Gasteiger partial charge in [0.05, 0.1) is 11.2 Å². The lowest BCUT2D eigenvalue weighted by molar-refractivity contribution is -0.131. The zero-order valence-corrected chi connectivity index (χ0v) is 14.8. The van der Waals surface area contributed by atoms with Gasteiger partial charge in [0.1, 0.15) is 12.1 Å². The summed E-state index contributed by atoms with van der Waals surface area (Å²) < 4.78 is 0. The van der Waals surface area contributed by atoms with Crippen molar-refractivity contribution < 1.29 is 4.79 Å². The van der Waals surface area contributed by atoms with Crippen molar-refractivity contribution >= 4 is 22.6 Å². The second-order valence-electron chi connectivity index (χ2n) is 6.49. The topological polar surface area (TPSA) is 95.1 Å². The van der Waals surface area contributed by atoms with Crippen molar-refractivity contribution in [3.05, 3.63) is 58.8 Å². The van der Waals surface area contributed by atoms with Gasteiger partial charge in [0.15, 0.2) is 0 Å². The normalized spacial score (nSPS) is 14.5. The number of carbonyl (C=O) groups is 1. The Bertz CT molecular complexity index is 985. The number of para-hydroxylation sites is 1. The first-order valence-corrected chi connectivity index (χ1v) is 8.98. The number of nitrogens with zero attached hydrogens (tertiary/aromatic N) is 5. The Morgan fingerprint density at radius 1 is 1.04 bits per heavy atom. The number of rotatable bonds is 4. The molecule has 0 atom stereocenters. The molecule has 0 radical (unpaired) electrons. The molecule has 0 bridgehead atoms. The minimum Gasteiger partial charge on any atom is -0.352 e. The van der Waals surface area contributed by atoms with Crippen molar-refractivity contribution in [1.29, 1.82) is 0 Å². The molecule has 1 fully saturated rings. The van der Waals surface area contributed by atoms with E-state index in [4.69, 9.17) is 0 Å². The number of fused-ring (bicyclic) bond motifs is 1. The molecule has 1 amide bonds. The van der Waals surface area contributed by atoms with Crippen LogP contribution in [-0.2, 0) is 11.2 Å². The van der Waals surface area contributed by atoms with Gasteiger partial charge in [-0.25, -0.2) is 15.1 Å². The van der Waals surface area contributed by atoms with Crippen molar-refractivity contribution in [2.75, 3.05) is 31.1 Å². The number of hydrogen-bond donors (Lipinski definition) is 1. The average Bonchev–Trinajstić information content (AvgIpc) is 2.73. The van der Waals surface area contributed by atoms with E-state index in [0.29, 0.717) is 31.6 Å². The van der Waals surface area contributed by atoms with Gasteiger partial charge in [0, 0.05) is 50.5 Å². The van der Waals surface area contributed by atoms with E-state index in [1.807, 2.05) is 29.2 Å². The van der Waals surface area contributed by atoms with Crippen LogP contribution in [-0.4, -0.2) is 57.2 Å². The lowest BCUT2D eigenvalue weighted by atomic mass is 10.2. The van der Waals surface area contributed by atoms with Crippen LogP contribution in [0.1, 0.15) is 12.1 Å². The molecule has 1 N–H and O–H groups in total. The summed E-state index contributed by atoms with van der Waals surface area (Å²) in [6.45, 7) is 2.81. The summed E-state index contributed by atoms with van der Waals surface area (Å²) in [5.41, 5.74) is 1.40. The third kappa shape index (κ3) is 3.79.